The molecule has 3 rings (SSSR count). The highest BCUT2D eigenvalue weighted by molar-refractivity contribution is 9.10. The van der Waals surface area contributed by atoms with Gasteiger partial charge in [-0.1, -0.05) is 44.3 Å². The van der Waals surface area contributed by atoms with Crippen molar-refractivity contribution in [2.75, 3.05) is 0 Å². The number of hydrogen-bond donors (Lipinski definition) is 0. The maximum Gasteiger partial charge on any atom is 0.0428 e. The van der Waals surface area contributed by atoms with Gasteiger partial charge in [0.15, 0.2) is 0 Å². The number of halogens is 2. The Kier molecular flexibility index (Phi) is 3.61. The smallest absolute Gasteiger partial charge is 0.0428 e. The van der Waals surface area contributed by atoms with Gasteiger partial charge in [-0.25, -0.2) is 0 Å². The van der Waals surface area contributed by atoms with E-state index in [0.717, 1.165) is 17.8 Å². The molecule has 18 heavy (non-hydrogen) atoms. The van der Waals surface area contributed by atoms with Gasteiger partial charge in [0, 0.05) is 9.30 Å². The molecule has 0 N–H and O–H groups in total. The van der Waals surface area contributed by atoms with E-state index in [1.807, 2.05) is 0 Å². The van der Waals surface area contributed by atoms with Crippen molar-refractivity contribution < 1.29 is 0 Å². The van der Waals surface area contributed by atoms with E-state index in [0.29, 0.717) is 4.83 Å². The first-order chi connectivity index (χ1) is 8.56. The Hall–Kier alpha value is 0.180. The molecule has 4 atom stereocenters. The molecule has 2 bridgehead atoms. The van der Waals surface area contributed by atoms with E-state index in [2.05, 4.69) is 57.8 Å². The molecule has 0 nitrogen and oxygen atoms in total. The maximum atomic E-state index is 4.01. The SMILES string of the molecule is Cc1cc(C(Br)C2CC3CCC2C3)c(C)cc1Br. The van der Waals surface area contributed by atoms with Gasteiger partial charge < -0.3 is 0 Å². The van der Waals surface area contributed by atoms with Gasteiger partial charge in [-0.05, 0) is 73.6 Å². The van der Waals surface area contributed by atoms with Gasteiger partial charge in [-0.3, -0.25) is 0 Å². The third kappa shape index (κ3) is 2.20. The molecule has 0 saturated heterocycles. The van der Waals surface area contributed by atoms with Gasteiger partial charge in [-0.2, -0.15) is 0 Å². The fraction of sp³-hybridized carbons (Fsp3) is 0.625. The number of hydrogen-bond acceptors (Lipinski definition) is 0. The van der Waals surface area contributed by atoms with E-state index >= 15 is 0 Å². The first kappa shape index (κ1) is 13.2. The fourth-order valence-corrected chi connectivity index (χ4v) is 5.58. The van der Waals surface area contributed by atoms with Crippen molar-refractivity contribution in [2.24, 2.45) is 17.8 Å². The van der Waals surface area contributed by atoms with Crippen molar-refractivity contribution in [2.45, 2.75) is 44.4 Å². The molecule has 2 fully saturated rings. The predicted molar refractivity (Wildman–Crippen MR) is 84.2 cm³/mol. The number of benzene rings is 1. The van der Waals surface area contributed by atoms with Crippen molar-refractivity contribution in [1.29, 1.82) is 0 Å². The molecule has 0 amide bonds. The first-order valence-corrected chi connectivity index (χ1v) is 8.68. The van der Waals surface area contributed by atoms with Crippen LogP contribution in [-0.4, -0.2) is 0 Å². The van der Waals surface area contributed by atoms with Crippen LogP contribution in [0.1, 0.15) is 47.2 Å². The van der Waals surface area contributed by atoms with Crippen LogP contribution in [0.5, 0.6) is 0 Å². The van der Waals surface area contributed by atoms with Crippen molar-refractivity contribution in [1.82, 2.24) is 0 Å². The van der Waals surface area contributed by atoms with Crippen molar-refractivity contribution >= 4 is 31.9 Å². The first-order valence-electron chi connectivity index (χ1n) is 6.97. The summed E-state index contributed by atoms with van der Waals surface area (Å²) in [4.78, 5) is 0.555. The van der Waals surface area contributed by atoms with Crippen LogP contribution in [-0.2, 0) is 0 Å². The van der Waals surface area contributed by atoms with Crippen LogP contribution in [0.3, 0.4) is 0 Å². The van der Waals surface area contributed by atoms with E-state index in [1.165, 1.54) is 46.8 Å². The van der Waals surface area contributed by atoms with Crippen LogP contribution in [0.15, 0.2) is 16.6 Å². The Bertz CT molecular complexity index is 466. The molecular weight excluding hydrogens is 352 g/mol. The molecule has 0 heterocycles. The number of alkyl halides is 1. The summed E-state index contributed by atoms with van der Waals surface area (Å²) in [5.41, 5.74) is 4.27. The summed E-state index contributed by atoms with van der Waals surface area (Å²) < 4.78 is 1.23. The molecule has 0 aliphatic heterocycles. The average molecular weight is 372 g/mol. The minimum atomic E-state index is 0.555. The summed E-state index contributed by atoms with van der Waals surface area (Å²) in [6, 6.07) is 4.64. The molecule has 1 aromatic rings. The van der Waals surface area contributed by atoms with Crippen LogP contribution >= 0.6 is 31.9 Å². The quantitative estimate of drug-likeness (QED) is 0.564. The van der Waals surface area contributed by atoms with Gasteiger partial charge >= 0.3 is 0 Å². The summed E-state index contributed by atoms with van der Waals surface area (Å²) in [6.07, 6.45) is 5.88. The van der Waals surface area contributed by atoms with E-state index in [4.69, 9.17) is 0 Å². The molecule has 98 valence electrons. The average Bonchev–Trinajstić information content (AvgIpc) is 2.95. The molecule has 1 aromatic carbocycles. The Balaban J connectivity index is 1.88. The highest BCUT2D eigenvalue weighted by atomic mass is 79.9. The van der Waals surface area contributed by atoms with Gasteiger partial charge in [0.25, 0.3) is 0 Å². The van der Waals surface area contributed by atoms with Crippen LogP contribution in [0.2, 0.25) is 0 Å². The maximum absolute atomic E-state index is 4.01. The number of aryl methyl sites for hydroxylation is 2. The van der Waals surface area contributed by atoms with Gasteiger partial charge in [0.05, 0.1) is 0 Å². The number of rotatable bonds is 2. The van der Waals surface area contributed by atoms with E-state index in [-0.39, 0.29) is 0 Å². The van der Waals surface area contributed by atoms with Crippen molar-refractivity contribution in [3.8, 4) is 0 Å². The lowest BCUT2D eigenvalue weighted by molar-refractivity contribution is 0.329. The Labute approximate surface area is 127 Å². The second-order valence-electron chi connectivity index (χ2n) is 6.20. The molecule has 0 aromatic heterocycles. The van der Waals surface area contributed by atoms with E-state index < -0.39 is 0 Å². The molecule has 4 unspecified atom stereocenters. The lowest BCUT2D eigenvalue weighted by atomic mass is 9.83. The normalized spacial score (nSPS) is 31.9. The zero-order chi connectivity index (χ0) is 12.9. The molecule has 2 heteroatoms. The Morgan fingerprint density at radius 1 is 1.11 bits per heavy atom. The summed E-state index contributed by atoms with van der Waals surface area (Å²) in [5.74, 6) is 2.86. The second-order valence-corrected chi connectivity index (χ2v) is 8.04. The molecule has 2 aliphatic carbocycles. The molecule has 2 saturated carbocycles. The molecule has 0 radical (unpaired) electrons. The predicted octanol–water partition coefficient (Wildman–Crippen LogP) is 5.94. The molecule has 0 spiro atoms. The third-order valence-electron chi connectivity index (χ3n) is 5.01. The lowest BCUT2D eigenvalue weighted by Crippen LogP contribution is -2.16. The standard InChI is InChI=1S/C16H20Br2/c1-9-6-15(17)10(2)5-13(9)16(18)14-8-11-3-4-12(14)7-11/h5-6,11-12,14,16H,3-4,7-8H2,1-2H3. The minimum Gasteiger partial charge on any atom is -0.0836 e. The molecule has 2 aliphatic rings. The van der Waals surface area contributed by atoms with Crippen LogP contribution in [0, 0.1) is 31.6 Å². The Morgan fingerprint density at radius 3 is 2.50 bits per heavy atom. The third-order valence-corrected chi connectivity index (χ3v) is 7.04. The summed E-state index contributed by atoms with van der Waals surface area (Å²) >= 11 is 7.64. The van der Waals surface area contributed by atoms with Gasteiger partial charge in [-0.15, -0.1) is 0 Å². The summed E-state index contributed by atoms with van der Waals surface area (Å²) in [5, 5.41) is 0. The van der Waals surface area contributed by atoms with Crippen molar-refractivity contribution in [3.63, 3.8) is 0 Å². The van der Waals surface area contributed by atoms with Crippen LogP contribution in [0.4, 0.5) is 0 Å². The van der Waals surface area contributed by atoms with Gasteiger partial charge in [0.2, 0.25) is 0 Å². The fourth-order valence-electron chi connectivity index (χ4n) is 3.98. The minimum absolute atomic E-state index is 0.555. The van der Waals surface area contributed by atoms with E-state index in [1.54, 1.807) is 0 Å². The van der Waals surface area contributed by atoms with Crippen molar-refractivity contribution in [3.05, 3.63) is 33.3 Å². The van der Waals surface area contributed by atoms with Crippen LogP contribution < -0.4 is 0 Å². The van der Waals surface area contributed by atoms with Crippen LogP contribution in [0.25, 0.3) is 0 Å². The van der Waals surface area contributed by atoms with Gasteiger partial charge in [0.1, 0.15) is 0 Å². The lowest BCUT2D eigenvalue weighted by Gasteiger charge is -2.28. The molecular formula is C16H20Br2. The monoisotopic (exact) mass is 370 g/mol. The zero-order valence-corrected chi connectivity index (χ0v) is 14.2. The summed E-state index contributed by atoms with van der Waals surface area (Å²) in [7, 11) is 0. The zero-order valence-electron chi connectivity index (χ0n) is 11.0. The topological polar surface area (TPSA) is 0 Å². The highest BCUT2D eigenvalue weighted by Gasteiger charge is 2.42. The van der Waals surface area contributed by atoms with E-state index in [9.17, 15) is 0 Å². The number of fused-ring (bicyclic) bond motifs is 2. The summed E-state index contributed by atoms with van der Waals surface area (Å²) in [6.45, 7) is 4.43. The second kappa shape index (κ2) is 4.94. The Morgan fingerprint density at radius 2 is 1.89 bits per heavy atom. The largest absolute Gasteiger partial charge is 0.0836 e. The highest BCUT2D eigenvalue weighted by Crippen LogP contribution is 2.55.